The molecular weight excluding hydrogens is 362 g/mol. The van der Waals surface area contributed by atoms with E-state index < -0.39 is 0 Å². The molecule has 0 saturated heterocycles. The van der Waals surface area contributed by atoms with Gasteiger partial charge in [0.05, 0.1) is 18.7 Å². The fourth-order valence-corrected chi connectivity index (χ4v) is 3.39. The number of nitrogens with zero attached hydrogens (tertiary/aromatic N) is 2. The van der Waals surface area contributed by atoms with Crippen molar-refractivity contribution in [3.63, 3.8) is 0 Å². The van der Waals surface area contributed by atoms with Crippen LogP contribution in [-0.4, -0.2) is 13.3 Å². The van der Waals surface area contributed by atoms with Gasteiger partial charge in [0, 0.05) is 17.8 Å². The van der Waals surface area contributed by atoms with Crippen LogP contribution in [0.2, 0.25) is 0 Å². The highest BCUT2D eigenvalue weighted by Crippen LogP contribution is 2.42. The van der Waals surface area contributed by atoms with Gasteiger partial charge in [-0.05, 0) is 41.5 Å². The van der Waals surface area contributed by atoms with Crippen molar-refractivity contribution < 1.29 is 9.47 Å². The Hall–Kier alpha value is -4.04. The molecule has 5 heteroatoms. The van der Waals surface area contributed by atoms with E-state index in [1.807, 2.05) is 72.8 Å². The van der Waals surface area contributed by atoms with E-state index in [-0.39, 0.29) is 11.8 Å². The van der Waals surface area contributed by atoms with Gasteiger partial charge in [0.25, 0.3) is 0 Å². The summed E-state index contributed by atoms with van der Waals surface area (Å²) < 4.78 is 10.9. The molecular formula is C24H19N3O2. The average molecular weight is 381 g/mol. The summed E-state index contributed by atoms with van der Waals surface area (Å²) in [7, 11) is 1.63. The minimum atomic E-state index is -0.282. The summed E-state index contributed by atoms with van der Waals surface area (Å²) in [5.74, 6) is 1.26. The van der Waals surface area contributed by atoms with Crippen LogP contribution in [-0.2, 0) is 0 Å². The molecule has 4 rings (SSSR count). The van der Waals surface area contributed by atoms with E-state index >= 15 is 0 Å². The summed E-state index contributed by atoms with van der Waals surface area (Å²) >= 11 is 0. The molecule has 3 aromatic carbocycles. The Labute approximate surface area is 169 Å². The second-order valence-corrected chi connectivity index (χ2v) is 6.59. The monoisotopic (exact) mass is 381 g/mol. The number of nitrogens with two attached hydrogens (primary N) is 1. The molecule has 0 bridgehead atoms. The zero-order valence-corrected chi connectivity index (χ0v) is 15.9. The van der Waals surface area contributed by atoms with E-state index in [9.17, 15) is 5.26 Å². The van der Waals surface area contributed by atoms with Crippen molar-refractivity contribution in [1.29, 1.82) is 5.26 Å². The topological polar surface area (TPSA) is 80.6 Å². The van der Waals surface area contributed by atoms with Gasteiger partial charge in [-0.1, -0.05) is 36.4 Å². The fraction of sp³-hybridized carbons (Fsp3) is 0.0833. The minimum Gasteiger partial charge on any atom is -0.497 e. The molecule has 3 aromatic rings. The van der Waals surface area contributed by atoms with Gasteiger partial charge < -0.3 is 15.2 Å². The smallest absolute Gasteiger partial charge is 0.205 e. The lowest BCUT2D eigenvalue weighted by Gasteiger charge is -2.26. The summed E-state index contributed by atoms with van der Waals surface area (Å²) in [4.78, 5) is 4.54. The van der Waals surface area contributed by atoms with Crippen molar-refractivity contribution in [3.05, 3.63) is 101 Å². The maximum absolute atomic E-state index is 9.68. The maximum atomic E-state index is 9.68. The van der Waals surface area contributed by atoms with Crippen molar-refractivity contribution in [2.45, 2.75) is 5.92 Å². The summed E-state index contributed by atoms with van der Waals surface area (Å²) in [6, 6.07) is 25.3. The van der Waals surface area contributed by atoms with Gasteiger partial charge in [-0.15, -0.1) is 0 Å². The number of hydrogen-bond acceptors (Lipinski definition) is 5. The Balaban J connectivity index is 1.74. The summed E-state index contributed by atoms with van der Waals surface area (Å²) in [6.45, 7) is 0. The number of fused-ring (bicyclic) bond motifs is 1. The molecule has 0 saturated carbocycles. The molecule has 0 amide bonds. The van der Waals surface area contributed by atoms with Crippen LogP contribution < -0.4 is 15.2 Å². The van der Waals surface area contributed by atoms with Crippen LogP contribution in [0.1, 0.15) is 22.6 Å². The molecule has 0 radical (unpaired) electrons. The lowest BCUT2D eigenvalue weighted by molar-refractivity contribution is 0.393. The van der Waals surface area contributed by atoms with Crippen molar-refractivity contribution >= 4 is 11.9 Å². The van der Waals surface area contributed by atoms with Crippen molar-refractivity contribution in [3.8, 4) is 17.6 Å². The van der Waals surface area contributed by atoms with Crippen molar-refractivity contribution in [2.75, 3.05) is 7.11 Å². The highest BCUT2D eigenvalue weighted by Gasteiger charge is 2.30. The Kier molecular flexibility index (Phi) is 5.00. The fourth-order valence-electron chi connectivity index (χ4n) is 3.39. The largest absolute Gasteiger partial charge is 0.497 e. The predicted molar refractivity (Wildman–Crippen MR) is 112 cm³/mol. The summed E-state index contributed by atoms with van der Waals surface area (Å²) in [5, 5.41) is 9.68. The summed E-state index contributed by atoms with van der Waals surface area (Å²) in [6.07, 6.45) is 1.78. The van der Waals surface area contributed by atoms with E-state index in [0.29, 0.717) is 11.3 Å². The standard InChI is InChI=1S/C24H19N3O2/c1-28-19-9-5-8-18(13-19)27-15-16-10-11-22-20(12-16)23(17-6-3-2-4-7-17)21(14-25)24(26)29-22/h2-13,15,23H,26H2,1H3. The van der Waals surface area contributed by atoms with Crippen LogP contribution in [0.3, 0.4) is 0 Å². The summed E-state index contributed by atoms with van der Waals surface area (Å²) in [5.41, 5.74) is 10.00. The molecule has 29 heavy (non-hydrogen) atoms. The number of aliphatic imine (C=N–C) groups is 1. The molecule has 1 aliphatic rings. The van der Waals surface area contributed by atoms with Crippen LogP contribution in [0.15, 0.2) is 89.2 Å². The van der Waals surface area contributed by atoms with Crippen LogP contribution in [0.5, 0.6) is 11.5 Å². The SMILES string of the molecule is COc1cccc(N=Cc2ccc3c(c2)C(c2ccccc2)C(C#N)=C(N)O3)c1. The van der Waals surface area contributed by atoms with Crippen LogP contribution >= 0.6 is 0 Å². The zero-order chi connectivity index (χ0) is 20.2. The number of rotatable bonds is 4. The second-order valence-electron chi connectivity index (χ2n) is 6.59. The third kappa shape index (κ3) is 3.69. The van der Waals surface area contributed by atoms with Gasteiger partial charge in [0.1, 0.15) is 23.1 Å². The van der Waals surface area contributed by atoms with E-state index in [0.717, 1.165) is 28.1 Å². The van der Waals surface area contributed by atoms with Crippen LogP contribution in [0, 0.1) is 11.3 Å². The molecule has 1 heterocycles. The lowest BCUT2D eigenvalue weighted by atomic mass is 9.83. The molecule has 5 nitrogen and oxygen atoms in total. The Morgan fingerprint density at radius 2 is 1.90 bits per heavy atom. The highest BCUT2D eigenvalue weighted by molar-refractivity contribution is 5.83. The maximum Gasteiger partial charge on any atom is 0.205 e. The van der Waals surface area contributed by atoms with Gasteiger partial charge in [0.2, 0.25) is 5.88 Å². The first-order chi connectivity index (χ1) is 14.2. The quantitative estimate of drug-likeness (QED) is 0.666. The van der Waals surface area contributed by atoms with E-state index in [1.54, 1.807) is 13.3 Å². The van der Waals surface area contributed by atoms with Crippen molar-refractivity contribution in [1.82, 2.24) is 0 Å². The number of benzene rings is 3. The Bertz CT molecular complexity index is 1140. The third-order valence-corrected chi connectivity index (χ3v) is 4.79. The molecule has 0 aliphatic carbocycles. The molecule has 0 spiro atoms. The molecule has 2 N–H and O–H groups in total. The van der Waals surface area contributed by atoms with Gasteiger partial charge in [-0.2, -0.15) is 5.26 Å². The van der Waals surface area contributed by atoms with Crippen LogP contribution in [0.25, 0.3) is 0 Å². The molecule has 142 valence electrons. The molecule has 1 atom stereocenters. The lowest BCUT2D eigenvalue weighted by Crippen LogP contribution is -2.21. The number of hydrogen-bond donors (Lipinski definition) is 1. The minimum absolute atomic E-state index is 0.145. The highest BCUT2D eigenvalue weighted by atomic mass is 16.5. The number of nitriles is 1. The van der Waals surface area contributed by atoms with Gasteiger partial charge in [-0.25, -0.2) is 0 Å². The molecule has 0 fully saturated rings. The Morgan fingerprint density at radius 3 is 2.66 bits per heavy atom. The Morgan fingerprint density at radius 1 is 1.07 bits per heavy atom. The number of methoxy groups -OCH3 is 1. The number of allylic oxidation sites excluding steroid dienone is 1. The zero-order valence-electron chi connectivity index (χ0n) is 15.9. The molecule has 1 aliphatic heterocycles. The van der Waals surface area contributed by atoms with Crippen molar-refractivity contribution in [2.24, 2.45) is 10.7 Å². The normalized spacial score (nSPS) is 15.5. The molecule has 1 unspecified atom stereocenters. The molecule has 0 aromatic heterocycles. The first kappa shape index (κ1) is 18.3. The van der Waals surface area contributed by atoms with E-state index in [2.05, 4.69) is 11.1 Å². The average Bonchev–Trinajstić information content (AvgIpc) is 2.77. The van der Waals surface area contributed by atoms with E-state index in [1.165, 1.54) is 0 Å². The van der Waals surface area contributed by atoms with E-state index in [4.69, 9.17) is 15.2 Å². The predicted octanol–water partition coefficient (Wildman–Crippen LogP) is 4.66. The first-order valence-corrected chi connectivity index (χ1v) is 9.14. The third-order valence-electron chi connectivity index (χ3n) is 4.79. The van der Waals surface area contributed by atoms with Gasteiger partial charge in [0.15, 0.2) is 0 Å². The van der Waals surface area contributed by atoms with Crippen LogP contribution in [0.4, 0.5) is 5.69 Å². The first-order valence-electron chi connectivity index (χ1n) is 9.14. The van der Waals surface area contributed by atoms with Gasteiger partial charge >= 0.3 is 0 Å². The van der Waals surface area contributed by atoms with Gasteiger partial charge in [-0.3, -0.25) is 4.99 Å². The number of ether oxygens (including phenoxy) is 2. The second kappa shape index (κ2) is 7.91.